The van der Waals surface area contributed by atoms with E-state index in [1.54, 1.807) is 0 Å². The first-order valence-electron chi connectivity index (χ1n) is 2.72. The molecule has 0 bridgehead atoms. The standard InChI is InChI=1S/C5H9NO4.Li/c6-3(5(9)10)1-2-4(7)8;/h3H,1-2,6H2,(H,7,8)(H,9,10);/q;+1/p-1/t3-;/m0./s1. The predicted octanol–water partition coefficient (Wildman–Crippen LogP) is -5.07. The van der Waals surface area contributed by atoms with Crippen LogP contribution in [0.3, 0.4) is 0 Å². The molecular weight excluding hydrogens is 145 g/mol. The van der Waals surface area contributed by atoms with E-state index in [1.165, 1.54) is 0 Å². The molecule has 6 heteroatoms. The van der Waals surface area contributed by atoms with Gasteiger partial charge in [-0.1, -0.05) is 0 Å². The Morgan fingerprint density at radius 2 is 2.00 bits per heavy atom. The van der Waals surface area contributed by atoms with Crippen LogP contribution in [-0.4, -0.2) is 23.1 Å². The van der Waals surface area contributed by atoms with Gasteiger partial charge < -0.3 is 20.7 Å². The minimum Gasteiger partial charge on any atom is -0.550 e. The molecule has 0 saturated heterocycles. The summed E-state index contributed by atoms with van der Waals surface area (Å²) in [7, 11) is 0. The van der Waals surface area contributed by atoms with Crippen LogP contribution >= 0.6 is 0 Å². The molecule has 0 heterocycles. The van der Waals surface area contributed by atoms with Crippen LogP contribution in [0.1, 0.15) is 12.8 Å². The smallest absolute Gasteiger partial charge is 0.550 e. The summed E-state index contributed by atoms with van der Waals surface area (Å²) in [6.45, 7) is 0. The summed E-state index contributed by atoms with van der Waals surface area (Å²) in [5, 5.41) is 17.9. The van der Waals surface area contributed by atoms with E-state index >= 15 is 0 Å². The van der Waals surface area contributed by atoms with Gasteiger partial charge in [0.15, 0.2) is 0 Å². The molecule has 0 aliphatic carbocycles. The first kappa shape index (κ1) is 13.1. The zero-order valence-corrected chi connectivity index (χ0v) is 6.24. The summed E-state index contributed by atoms with van der Waals surface area (Å²) in [5.74, 6) is -2.47. The van der Waals surface area contributed by atoms with Crippen molar-refractivity contribution >= 4 is 11.9 Å². The van der Waals surface area contributed by atoms with E-state index in [4.69, 9.17) is 10.8 Å². The van der Waals surface area contributed by atoms with Crippen LogP contribution in [0.5, 0.6) is 0 Å². The Labute approximate surface area is 75.7 Å². The van der Waals surface area contributed by atoms with Crippen molar-refractivity contribution in [1.29, 1.82) is 0 Å². The van der Waals surface area contributed by atoms with E-state index in [1.807, 2.05) is 0 Å². The van der Waals surface area contributed by atoms with Crippen molar-refractivity contribution in [2.45, 2.75) is 18.9 Å². The number of rotatable bonds is 4. The van der Waals surface area contributed by atoms with Crippen LogP contribution in [0, 0.1) is 0 Å². The Hall–Kier alpha value is -0.503. The third kappa shape index (κ3) is 7.39. The number of carbonyl (C=O) groups is 2. The predicted molar refractivity (Wildman–Crippen MR) is 29.9 cm³/mol. The fraction of sp³-hybridized carbons (Fsp3) is 0.600. The molecular formula is C5H8LiNO4. The Balaban J connectivity index is 0. The Kier molecular flexibility index (Phi) is 7.42. The van der Waals surface area contributed by atoms with E-state index in [2.05, 4.69) is 0 Å². The molecule has 1 atom stereocenters. The average molecular weight is 153 g/mol. The maximum Gasteiger partial charge on any atom is 1.00 e. The molecule has 0 fully saturated rings. The van der Waals surface area contributed by atoms with Crippen molar-refractivity contribution < 1.29 is 38.7 Å². The number of nitrogens with two attached hydrogens (primary N) is 1. The molecule has 0 unspecified atom stereocenters. The van der Waals surface area contributed by atoms with Gasteiger partial charge in [-0.3, -0.25) is 4.79 Å². The maximum absolute atomic E-state index is 9.97. The second-order valence-electron chi connectivity index (χ2n) is 1.86. The molecule has 0 aromatic carbocycles. The van der Waals surface area contributed by atoms with Crippen molar-refractivity contribution in [2.75, 3.05) is 0 Å². The van der Waals surface area contributed by atoms with E-state index in [9.17, 15) is 14.7 Å². The molecule has 11 heavy (non-hydrogen) atoms. The van der Waals surface area contributed by atoms with Crippen molar-refractivity contribution in [1.82, 2.24) is 0 Å². The van der Waals surface area contributed by atoms with Crippen molar-refractivity contribution in [2.24, 2.45) is 5.73 Å². The average Bonchev–Trinajstić information content (AvgIpc) is 1.82. The van der Waals surface area contributed by atoms with E-state index in [0.29, 0.717) is 0 Å². The van der Waals surface area contributed by atoms with Gasteiger partial charge in [0.1, 0.15) is 6.04 Å². The summed E-state index contributed by atoms with van der Waals surface area (Å²) in [4.78, 5) is 19.7. The number of carboxylic acid groups (broad SMARTS) is 2. The number of hydrogen-bond acceptors (Lipinski definition) is 4. The van der Waals surface area contributed by atoms with E-state index < -0.39 is 18.0 Å². The molecule has 0 aromatic heterocycles. The molecule has 58 valence electrons. The van der Waals surface area contributed by atoms with Gasteiger partial charge in [0.25, 0.3) is 0 Å². The van der Waals surface area contributed by atoms with E-state index in [0.717, 1.165) is 0 Å². The second-order valence-corrected chi connectivity index (χ2v) is 1.86. The molecule has 0 saturated carbocycles. The van der Waals surface area contributed by atoms with Crippen LogP contribution < -0.4 is 29.7 Å². The number of hydrogen-bond donors (Lipinski definition) is 2. The monoisotopic (exact) mass is 153 g/mol. The summed E-state index contributed by atoms with van der Waals surface area (Å²) in [5.41, 5.74) is 4.97. The Morgan fingerprint density at radius 3 is 2.27 bits per heavy atom. The summed E-state index contributed by atoms with van der Waals surface area (Å²) >= 11 is 0. The fourth-order valence-corrected chi connectivity index (χ4v) is 0.397. The van der Waals surface area contributed by atoms with Crippen LogP contribution in [0.15, 0.2) is 0 Å². The van der Waals surface area contributed by atoms with Crippen molar-refractivity contribution in [3.63, 3.8) is 0 Å². The van der Waals surface area contributed by atoms with Gasteiger partial charge in [0.05, 0.1) is 0 Å². The van der Waals surface area contributed by atoms with Gasteiger partial charge in [0, 0.05) is 5.97 Å². The topological polar surface area (TPSA) is 103 Å². The summed E-state index contributed by atoms with van der Waals surface area (Å²) < 4.78 is 0. The third-order valence-corrected chi connectivity index (χ3v) is 0.977. The molecule has 0 aliphatic heterocycles. The van der Waals surface area contributed by atoms with Gasteiger partial charge in [-0.2, -0.15) is 0 Å². The Bertz CT molecular complexity index is 149. The maximum atomic E-state index is 9.97. The number of carboxylic acids is 2. The zero-order valence-electron chi connectivity index (χ0n) is 6.24. The van der Waals surface area contributed by atoms with Crippen molar-refractivity contribution in [3.05, 3.63) is 0 Å². The normalized spacial score (nSPS) is 11.4. The van der Waals surface area contributed by atoms with Gasteiger partial charge in [0.2, 0.25) is 0 Å². The molecule has 5 nitrogen and oxygen atoms in total. The summed E-state index contributed by atoms with van der Waals surface area (Å²) in [6.07, 6.45) is -0.398. The van der Waals surface area contributed by atoms with Gasteiger partial charge in [-0.25, -0.2) is 0 Å². The molecule has 0 radical (unpaired) electrons. The summed E-state index contributed by atoms with van der Waals surface area (Å²) in [6, 6.07) is -1.10. The minimum absolute atomic E-state index is 0. The molecule has 0 rings (SSSR count). The van der Waals surface area contributed by atoms with Gasteiger partial charge in [-0.05, 0) is 12.8 Å². The molecule has 3 N–H and O–H groups in total. The fourth-order valence-electron chi connectivity index (χ4n) is 0.397. The van der Waals surface area contributed by atoms with Gasteiger partial charge in [-0.15, -0.1) is 0 Å². The first-order chi connectivity index (χ1) is 4.54. The molecule has 0 amide bonds. The molecule has 0 aromatic rings. The van der Waals surface area contributed by atoms with Crippen LogP contribution in [0.2, 0.25) is 0 Å². The first-order valence-corrected chi connectivity index (χ1v) is 2.72. The molecule has 0 aliphatic rings. The SMILES string of the molecule is N[C@@H](CCC(=O)[O-])C(=O)O.[Li+]. The minimum atomic E-state index is -1.28. The zero-order chi connectivity index (χ0) is 8.15. The quantitative estimate of drug-likeness (QED) is 0.393. The largest absolute Gasteiger partial charge is 1.00 e. The third-order valence-electron chi connectivity index (χ3n) is 0.977. The van der Waals surface area contributed by atoms with Crippen molar-refractivity contribution in [3.8, 4) is 0 Å². The van der Waals surface area contributed by atoms with Gasteiger partial charge >= 0.3 is 24.8 Å². The van der Waals surface area contributed by atoms with Crippen LogP contribution in [0.4, 0.5) is 0 Å². The van der Waals surface area contributed by atoms with Crippen LogP contribution in [0.25, 0.3) is 0 Å². The van der Waals surface area contributed by atoms with Crippen LogP contribution in [-0.2, 0) is 9.59 Å². The Morgan fingerprint density at radius 1 is 1.55 bits per heavy atom. The number of carbonyl (C=O) groups excluding carboxylic acids is 1. The second kappa shape index (κ2) is 6.22. The molecule has 0 spiro atoms. The van der Waals surface area contributed by atoms with E-state index in [-0.39, 0.29) is 31.7 Å². The number of aliphatic carboxylic acids is 2.